The Balaban J connectivity index is 2.20. The van der Waals surface area contributed by atoms with Gasteiger partial charge in [-0.25, -0.2) is 4.79 Å². The van der Waals surface area contributed by atoms with Gasteiger partial charge >= 0.3 is 5.63 Å². The molecule has 6 heteroatoms. The number of ether oxygens (including phenoxy) is 1. The van der Waals surface area contributed by atoms with E-state index in [4.69, 9.17) is 20.8 Å². The Morgan fingerprint density at radius 3 is 2.48 bits per heavy atom. The maximum Gasteiger partial charge on any atom is 0.339 e. The zero-order valence-corrected chi connectivity index (χ0v) is 14.3. The van der Waals surface area contributed by atoms with Crippen molar-refractivity contribution in [1.29, 1.82) is 0 Å². The molecule has 0 bridgehead atoms. The summed E-state index contributed by atoms with van der Waals surface area (Å²) in [6.45, 7) is 0. The van der Waals surface area contributed by atoms with E-state index in [0.717, 1.165) is 8.95 Å². The number of hydrogen-bond donors (Lipinski definition) is 0. The predicted octanol–water partition coefficient (Wildman–Crippen LogP) is 5.76. The fraction of sp³-hybridized carbons (Fsp3) is 0. The summed E-state index contributed by atoms with van der Waals surface area (Å²) >= 11 is 12.8. The van der Waals surface area contributed by atoms with E-state index in [2.05, 4.69) is 31.9 Å². The lowest BCUT2D eigenvalue weighted by molar-refractivity contribution is 0.470. The van der Waals surface area contributed by atoms with E-state index < -0.39 is 5.63 Å². The molecule has 0 N–H and O–H groups in total. The van der Waals surface area contributed by atoms with E-state index in [1.807, 2.05) is 18.2 Å². The minimum atomic E-state index is -0.483. The molecule has 0 saturated heterocycles. The first-order valence-corrected chi connectivity index (χ1v) is 7.86. The second kappa shape index (κ2) is 5.83. The molecule has 0 atom stereocenters. The summed E-state index contributed by atoms with van der Waals surface area (Å²) in [4.78, 5) is 11.6. The van der Waals surface area contributed by atoms with Crippen molar-refractivity contribution in [3.05, 3.63) is 66.9 Å². The fourth-order valence-electron chi connectivity index (χ4n) is 1.88. The first kappa shape index (κ1) is 14.6. The van der Waals surface area contributed by atoms with E-state index in [-0.39, 0.29) is 0 Å². The van der Waals surface area contributed by atoms with Gasteiger partial charge in [0.15, 0.2) is 5.75 Å². The molecule has 3 nitrogen and oxygen atoms in total. The van der Waals surface area contributed by atoms with Gasteiger partial charge in [-0.2, -0.15) is 0 Å². The molecule has 3 rings (SSSR count). The molecular weight excluding hydrogens is 423 g/mol. The monoisotopic (exact) mass is 428 g/mol. The standard InChI is InChI=1S/C15H7Br2ClO3/c16-10-2-1-3-11(17)15(10)21-13-7-14(19)20-12-5-4-8(18)6-9(12)13/h1-7H. The Labute approximate surface area is 141 Å². The largest absolute Gasteiger partial charge is 0.454 e. The Morgan fingerprint density at radius 2 is 1.76 bits per heavy atom. The molecule has 2 aromatic carbocycles. The average molecular weight is 430 g/mol. The lowest BCUT2D eigenvalue weighted by atomic mass is 10.2. The van der Waals surface area contributed by atoms with Crippen LogP contribution in [-0.2, 0) is 0 Å². The van der Waals surface area contributed by atoms with E-state index in [0.29, 0.717) is 27.5 Å². The van der Waals surface area contributed by atoms with Crippen LogP contribution in [0.2, 0.25) is 5.02 Å². The quantitative estimate of drug-likeness (QED) is 0.485. The minimum absolute atomic E-state index is 0.386. The van der Waals surface area contributed by atoms with Crippen LogP contribution >= 0.6 is 43.5 Å². The topological polar surface area (TPSA) is 39.4 Å². The van der Waals surface area contributed by atoms with Gasteiger partial charge in [-0.3, -0.25) is 0 Å². The first-order valence-electron chi connectivity index (χ1n) is 5.90. The van der Waals surface area contributed by atoms with Crippen molar-refractivity contribution < 1.29 is 9.15 Å². The number of para-hydroxylation sites is 1. The van der Waals surface area contributed by atoms with Gasteiger partial charge < -0.3 is 9.15 Å². The van der Waals surface area contributed by atoms with Crippen LogP contribution in [0.4, 0.5) is 0 Å². The molecule has 21 heavy (non-hydrogen) atoms. The highest BCUT2D eigenvalue weighted by Crippen LogP contribution is 2.38. The maximum absolute atomic E-state index is 11.6. The van der Waals surface area contributed by atoms with Crippen LogP contribution in [0.15, 0.2) is 60.6 Å². The highest BCUT2D eigenvalue weighted by Gasteiger charge is 2.12. The molecule has 0 aliphatic carbocycles. The van der Waals surface area contributed by atoms with Crippen LogP contribution in [0.25, 0.3) is 11.0 Å². The Kier molecular flexibility index (Phi) is 4.06. The summed E-state index contributed by atoms with van der Waals surface area (Å²) in [5, 5.41) is 1.16. The summed E-state index contributed by atoms with van der Waals surface area (Å²) in [6, 6.07) is 11.9. The van der Waals surface area contributed by atoms with Crippen molar-refractivity contribution in [1.82, 2.24) is 0 Å². The molecule has 0 fully saturated rings. The van der Waals surface area contributed by atoms with E-state index >= 15 is 0 Å². The van der Waals surface area contributed by atoms with Crippen molar-refractivity contribution in [2.24, 2.45) is 0 Å². The molecule has 0 radical (unpaired) electrons. The highest BCUT2D eigenvalue weighted by atomic mass is 79.9. The Morgan fingerprint density at radius 1 is 1.05 bits per heavy atom. The number of rotatable bonds is 2. The van der Waals surface area contributed by atoms with Gasteiger partial charge in [0.2, 0.25) is 0 Å². The molecule has 0 aliphatic rings. The van der Waals surface area contributed by atoms with Crippen molar-refractivity contribution in [2.45, 2.75) is 0 Å². The molecule has 0 spiro atoms. The maximum atomic E-state index is 11.6. The Hall–Kier alpha value is -1.30. The van der Waals surface area contributed by atoms with E-state index in [1.165, 1.54) is 6.07 Å². The van der Waals surface area contributed by atoms with Crippen LogP contribution in [-0.4, -0.2) is 0 Å². The zero-order valence-electron chi connectivity index (χ0n) is 10.4. The summed E-state index contributed by atoms with van der Waals surface area (Å²) in [7, 11) is 0. The first-order chi connectivity index (χ1) is 10.0. The molecule has 3 aromatic rings. The van der Waals surface area contributed by atoms with Gasteiger partial charge in [0.1, 0.15) is 11.3 Å². The third kappa shape index (κ3) is 3.00. The SMILES string of the molecule is O=c1cc(Oc2c(Br)cccc2Br)c2cc(Cl)ccc2o1. The lowest BCUT2D eigenvalue weighted by Crippen LogP contribution is -1.99. The summed E-state index contributed by atoms with van der Waals surface area (Å²) in [5.74, 6) is 0.959. The molecular formula is C15H7Br2ClO3. The van der Waals surface area contributed by atoms with Crippen LogP contribution in [0.3, 0.4) is 0 Å². The Bertz CT molecular complexity index is 869. The van der Waals surface area contributed by atoms with Crippen LogP contribution < -0.4 is 10.4 Å². The highest BCUT2D eigenvalue weighted by molar-refractivity contribution is 9.11. The van der Waals surface area contributed by atoms with Crippen LogP contribution in [0.1, 0.15) is 0 Å². The second-order valence-corrected chi connectivity index (χ2v) is 6.37. The van der Waals surface area contributed by atoms with Crippen LogP contribution in [0, 0.1) is 0 Å². The van der Waals surface area contributed by atoms with Crippen LogP contribution in [0.5, 0.6) is 11.5 Å². The number of fused-ring (bicyclic) bond motifs is 1. The smallest absolute Gasteiger partial charge is 0.339 e. The van der Waals surface area contributed by atoms with Crippen molar-refractivity contribution in [3.63, 3.8) is 0 Å². The average Bonchev–Trinajstić information content (AvgIpc) is 2.43. The van der Waals surface area contributed by atoms with Gasteiger partial charge in [-0.05, 0) is 62.2 Å². The molecule has 106 valence electrons. The molecule has 1 heterocycles. The van der Waals surface area contributed by atoms with E-state index in [9.17, 15) is 4.79 Å². The fourth-order valence-corrected chi connectivity index (χ4v) is 3.21. The summed E-state index contributed by atoms with van der Waals surface area (Å²) in [6.07, 6.45) is 0. The number of halogens is 3. The molecule has 0 amide bonds. The third-order valence-electron chi connectivity index (χ3n) is 2.80. The number of hydrogen-bond acceptors (Lipinski definition) is 3. The summed E-state index contributed by atoms with van der Waals surface area (Å²) < 4.78 is 12.5. The van der Waals surface area contributed by atoms with Gasteiger partial charge in [0, 0.05) is 5.02 Å². The molecule has 1 aromatic heterocycles. The number of benzene rings is 2. The third-order valence-corrected chi connectivity index (χ3v) is 4.28. The van der Waals surface area contributed by atoms with Gasteiger partial charge in [0.05, 0.1) is 20.4 Å². The normalized spacial score (nSPS) is 10.8. The second-order valence-electron chi connectivity index (χ2n) is 4.22. The lowest BCUT2D eigenvalue weighted by Gasteiger charge is -2.11. The van der Waals surface area contributed by atoms with E-state index in [1.54, 1.807) is 18.2 Å². The summed E-state index contributed by atoms with van der Waals surface area (Å²) in [5.41, 5.74) is -0.0620. The minimum Gasteiger partial charge on any atom is -0.454 e. The van der Waals surface area contributed by atoms with Gasteiger partial charge in [-0.1, -0.05) is 17.7 Å². The van der Waals surface area contributed by atoms with Gasteiger partial charge in [0.25, 0.3) is 0 Å². The van der Waals surface area contributed by atoms with Gasteiger partial charge in [-0.15, -0.1) is 0 Å². The predicted molar refractivity (Wildman–Crippen MR) is 89.4 cm³/mol. The molecule has 0 aliphatic heterocycles. The van der Waals surface area contributed by atoms with Crippen molar-refractivity contribution >= 4 is 54.4 Å². The van der Waals surface area contributed by atoms with Crippen molar-refractivity contribution in [2.75, 3.05) is 0 Å². The van der Waals surface area contributed by atoms with Crippen molar-refractivity contribution in [3.8, 4) is 11.5 Å². The molecule has 0 saturated carbocycles. The molecule has 0 unspecified atom stereocenters. The zero-order chi connectivity index (χ0) is 15.0.